The van der Waals surface area contributed by atoms with E-state index in [2.05, 4.69) is 0 Å². The van der Waals surface area contributed by atoms with Gasteiger partial charge in [-0.25, -0.2) is 0 Å². The smallest absolute Gasteiger partial charge is 0.316 e. The number of aliphatic hydroxyl groups excluding tert-OH is 3. The van der Waals surface area contributed by atoms with E-state index in [1.165, 1.54) is 13.8 Å². The van der Waals surface area contributed by atoms with Crippen LogP contribution in [0.25, 0.3) is 0 Å². The number of hydrogen-bond acceptors (Lipinski definition) is 13. The fourth-order valence-corrected chi connectivity index (χ4v) is 7.07. The predicted molar refractivity (Wildman–Crippen MR) is 140 cm³/mol. The van der Waals surface area contributed by atoms with Crippen LogP contribution in [0.1, 0.15) is 80.8 Å². The van der Waals surface area contributed by atoms with Gasteiger partial charge in [0.1, 0.15) is 41.0 Å². The summed E-state index contributed by atoms with van der Waals surface area (Å²) in [5.74, 6) is -5.77. The van der Waals surface area contributed by atoms with Gasteiger partial charge in [-0.05, 0) is 45.6 Å². The zero-order chi connectivity index (χ0) is 30.8. The van der Waals surface area contributed by atoms with Crippen molar-refractivity contribution in [2.75, 3.05) is 21.2 Å². The highest BCUT2D eigenvalue weighted by atomic mass is 16.7. The zero-order valence-electron chi connectivity index (χ0n) is 23.4. The van der Waals surface area contributed by atoms with Gasteiger partial charge in [0, 0.05) is 23.1 Å². The van der Waals surface area contributed by atoms with Crippen LogP contribution in [0.4, 0.5) is 0 Å². The summed E-state index contributed by atoms with van der Waals surface area (Å²) in [5, 5.41) is 66.5. The number of methoxy groups -OCH3 is 1. The van der Waals surface area contributed by atoms with Gasteiger partial charge in [-0.3, -0.25) is 14.4 Å². The Bertz CT molecular complexity index is 1580. The Hall–Kier alpha value is -3.59. The molecule has 0 amide bonds. The van der Waals surface area contributed by atoms with Crippen LogP contribution in [0.3, 0.4) is 0 Å². The summed E-state index contributed by atoms with van der Waals surface area (Å²) < 4.78 is 16.7. The molecular formula is C29H31NO12. The van der Waals surface area contributed by atoms with E-state index < -0.39 is 87.9 Å². The van der Waals surface area contributed by atoms with Crippen LogP contribution < -0.4 is 4.74 Å². The maximum Gasteiger partial charge on any atom is 0.316 e. The molecule has 42 heavy (non-hydrogen) atoms. The molecule has 4 aliphatic rings. The number of carbonyl (C=O) groups excluding carboxylic acids is 3. The Labute approximate surface area is 239 Å². The molecule has 2 bridgehead atoms. The Morgan fingerprint density at radius 2 is 1.71 bits per heavy atom. The number of fused-ring (bicyclic) bond motifs is 8. The van der Waals surface area contributed by atoms with Gasteiger partial charge in [-0.15, -0.1) is 0 Å². The highest BCUT2D eigenvalue weighted by Crippen LogP contribution is 2.55. The monoisotopic (exact) mass is 585 g/mol. The number of ether oxygens (including phenoxy) is 3. The Kier molecular flexibility index (Phi) is 6.08. The molecule has 1 fully saturated rings. The van der Waals surface area contributed by atoms with Crippen LogP contribution >= 0.6 is 0 Å². The van der Waals surface area contributed by atoms with Crippen LogP contribution in [0.5, 0.6) is 17.2 Å². The van der Waals surface area contributed by atoms with E-state index in [-0.39, 0.29) is 40.0 Å². The normalized spacial score (nSPS) is 34.6. The molecule has 2 aromatic carbocycles. The number of ketones is 2. The molecule has 0 spiro atoms. The van der Waals surface area contributed by atoms with Gasteiger partial charge in [0.2, 0.25) is 12.1 Å². The molecule has 1 saturated heterocycles. The van der Waals surface area contributed by atoms with E-state index in [0.29, 0.717) is 0 Å². The number of benzene rings is 2. The molecule has 0 unspecified atom stereocenters. The Balaban J connectivity index is 1.60. The molecule has 6 N–H and O–H groups in total. The second-order valence-corrected chi connectivity index (χ2v) is 12.0. The molecule has 6 rings (SSSR count). The maximum atomic E-state index is 14.2. The van der Waals surface area contributed by atoms with Crippen molar-refractivity contribution < 1.29 is 59.2 Å². The minimum atomic E-state index is -1.83. The molecule has 13 nitrogen and oxygen atoms in total. The van der Waals surface area contributed by atoms with Gasteiger partial charge < -0.3 is 49.7 Å². The van der Waals surface area contributed by atoms with Crippen molar-refractivity contribution in [2.24, 2.45) is 0 Å². The van der Waals surface area contributed by atoms with Crippen LogP contribution in [0.2, 0.25) is 0 Å². The van der Waals surface area contributed by atoms with Gasteiger partial charge in [-0.2, -0.15) is 0 Å². The third kappa shape index (κ3) is 3.49. The minimum Gasteiger partial charge on any atom is -0.507 e. The first-order valence-electron chi connectivity index (χ1n) is 13.3. The van der Waals surface area contributed by atoms with Crippen molar-refractivity contribution in [3.8, 4) is 17.2 Å². The van der Waals surface area contributed by atoms with Crippen molar-refractivity contribution in [1.82, 2.24) is 4.90 Å². The number of nitrogens with zero attached hydrogens (tertiary/aromatic N) is 1. The number of esters is 1. The lowest BCUT2D eigenvalue weighted by molar-refractivity contribution is -0.311. The van der Waals surface area contributed by atoms with E-state index >= 15 is 0 Å². The SMILES string of the molecule is COC(=O)[C@@H]1c2cc3c(c(O)c2[C@@H](O)C[C@]1(C)O)C(=O)c1c(O)cc2c(c1C3=O)O[C@H]1O[C@]2(C)[C@@H](O)[C@H](N(C)C)[C@H]1O. The van der Waals surface area contributed by atoms with Gasteiger partial charge in [0.05, 0.1) is 41.5 Å². The van der Waals surface area contributed by atoms with Crippen LogP contribution in [-0.4, -0.2) is 104 Å². The van der Waals surface area contributed by atoms with Crippen LogP contribution in [-0.2, 0) is 19.9 Å². The number of phenols is 2. The quantitative estimate of drug-likeness (QED) is 0.218. The summed E-state index contributed by atoms with van der Waals surface area (Å²) in [5.41, 5.74) is -5.43. The second kappa shape index (κ2) is 8.96. The van der Waals surface area contributed by atoms with Crippen molar-refractivity contribution in [2.45, 2.75) is 68.0 Å². The van der Waals surface area contributed by atoms with Gasteiger partial charge >= 0.3 is 5.97 Å². The Morgan fingerprint density at radius 1 is 1.05 bits per heavy atom. The highest BCUT2D eigenvalue weighted by molar-refractivity contribution is 6.31. The van der Waals surface area contributed by atoms with Crippen molar-refractivity contribution in [3.63, 3.8) is 0 Å². The van der Waals surface area contributed by atoms with Gasteiger partial charge in [0.25, 0.3) is 0 Å². The number of likely N-dealkylation sites (N-methyl/N-ethyl adjacent to an activating group) is 1. The predicted octanol–water partition coefficient (Wildman–Crippen LogP) is -0.0662. The molecule has 8 atom stereocenters. The third-order valence-electron chi connectivity index (χ3n) is 9.11. The van der Waals surface area contributed by atoms with Crippen molar-refractivity contribution >= 4 is 17.5 Å². The number of aromatic hydroxyl groups is 2. The molecule has 2 aliphatic carbocycles. The highest BCUT2D eigenvalue weighted by Gasteiger charge is 2.59. The lowest BCUT2D eigenvalue weighted by Gasteiger charge is -2.53. The fourth-order valence-electron chi connectivity index (χ4n) is 7.07. The van der Waals surface area contributed by atoms with Gasteiger partial charge in [0.15, 0.2) is 5.78 Å². The maximum absolute atomic E-state index is 14.2. The van der Waals surface area contributed by atoms with E-state index in [0.717, 1.165) is 19.2 Å². The van der Waals surface area contributed by atoms with Crippen molar-refractivity contribution in [3.05, 3.63) is 51.1 Å². The Morgan fingerprint density at radius 3 is 2.33 bits per heavy atom. The summed E-state index contributed by atoms with van der Waals surface area (Å²) in [4.78, 5) is 42.4. The fraction of sp³-hybridized carbons (Fsp3) is 0.483. The molecular weight excluding hydrogens is 554 g/mol. The number of rotatable bonds is 2. The molecule has 224 valence electrons. The van der Waals surface area contributed by atoms with Crippen LogP contribution in [0.15, 0.2) is 12.1 Å². The zero-order valence-corrected chi connectivity index (χ0v) is 23.4. The van der Waals surface area contributed by atoms with E-state index in [1.54, 1.807) is 19.0 Å². The molecule has 2 heterocycles. The van der Waals surface area contributed by atoms with E-state index in [1.807, 2.05) is 0 Å². The largest absolute Gasteiger partial charge is 0.507 e. The summed E-state index contributed by atoms with van der Waals surface area (Å²) in [6, 6.07) is 1.44. The lowest BCUT2D eigenvalue weighted by atomic mass is 9.68. The first-order valence-corrected chi connectivity index (χ1v) is 13.3. The third-order valence-corrected chi connectivity index (χ3v) is 9.11. The molecule has 2 aliphatic heterocycles. The summed E-state index contributed by atoms with van der Waals surface area (Å²) >= 11 is 0. The molecule has 0 radical (unpaired) electrons. The van der Waals surface area contributed by atoms with Crippen LogP contribution in [0, 0.1) is 0 Å². The number of hydrogen-bond donors (Lipinski definition) is 6. The van der Waals surface area contributed by atoms with Crippen molar-refractivity contribution in [1.29, 1.82) is 0 Å². The minimum absolute atomic E-state index is 0.0545. The first kappa shape index (κ1) is 28.5. The molecule has 13 heteroatoms. The van der Waals surface area contributed by atoms with E-state index in [9.17, 15) is 45.0 Å². The molecule has 0 aromatic heterocycles. The number of aliphatic hydroxyl groups is 4. The standard InChI is InChI=1S/C29H31NO12/c1-28(39)8-13(32)14-9(18(28)26(38)40-5)6-10-15(21(14)34)22(35)16-12(31)7-11-24(17(16)20(10)33)41-27-23(36)19(30(3)4)25(37)29(11,2)42-27/h6-7,13,18-19,23,25,27,31-32,34,36-37,39H,8H2,1-5H3/t13-,18-,19+,23+,25-,27-,28-,29-/m0/s1. The summed E-state index contributed by atoms with van der Waals surface area (Å²) in [7, 11) is 4.39. The summed E-state index contributed by atoms with van der Waals surface area (Å²) in [6.45, 7) is 2.81. The lowest BCUT2D eigenvalue weighted by Crippen LogP contribution is -2.68. The molecule has 0 saturated carbocycles. The molecule has 2 aromatic rings. The number of carbonyl (C=O) groups is 3. The summed E-state index contributed by atoms with van der Waals surface area (Å²) in [6.07, 6.45) is -5.98. The average Bonchev–Trinajstić information content (AvgIpc) is 2.89. The first-order chi connectivity index (χ1) is 19.6. The second-order valence-electron chi connectivity index (χ2n) is 12.0. The number of phenolic OH excluding ortho intramolecular Hbond substituents is 2. The topological polar surface area (TPSA) is 204 Å². The van der Waals surface area contributed by atoms with Gasteiger partial charge in [-0.1, -0.05) is 0 Å². The van der Waals surface area contributed by atoms with E-state index in [4.69, 9.17) is 14.2 Å². The average molecular weight is 586 g/mol.